The maximum atomic E-state index is 12.8. The van der Waals surface area contributed by atoms with Gasteiger partial charge in [-0.3, -0.25) is 0 Å². The average Bonchev–Trinajstić information content (AvgIpc) is 2.56. The van der Waals surface area contributed by atoms with E-state index in [2.05, 4.69) is 15.1 Å². The summed E-state index contributed by atoms with van der Waals surface area (Å²) in [7, 11) is -1.59. The summed E-state index contributed by atoms with van der Waals surface area (Å²) in [5, 5.41) is 8.20. The van der Waals surface area contributed by atoms with Gasteiger partial charge >= 0.3 is 0 Å². The molecule has 0 aliphatic carbocycles. The Bertz CT molecular complexity index is 785. The lowest BCUT2D eigenvalue weighted by Gasteiger charge is -2.31. The molecular formula is C16H20N4O2S. The minimum Gasteiger partial charge on any atom is -0.304 e. The molecule has 2 heterocycles. The predicted octanol–water partition coefficient (Wildman–Crippen LogP) is 1.39. The highest BCUT2D eigenvalue weighted by molar-refractivity contribution is 7.89. The third-order valence-electron chi connectivity index (χ3n) is 4.06. The summed E-state index contributed by atoms with van der Waals surface area (Å²) in [5.41, 5.74) is 2.23. The number of aryl methyl sites for hydroxylation is 1. The van der Waals surface area contributed by atoms with E-state index in [-0.39, 0.29) is 5.03 Å². The van der Waals surface area contributed by atoms with Gasteiger partial charge in [0.15, 0.2) is 5.03 Å². The SMILES string of the molecule is Cc1cc(-c2ccccc2)nnc1S(=O)(=O)N1CCN(C)CC1. The largest absolute Gasteiger partial charge is 0.304 e. The summed E-state index contributed by atoms with van der Waals surface area (Å²) in [5.74, 6) is 0. The maximum Gasteiger partial charge on any atom is 0.262 e. The van der Waals surface area contributed by atoms with Crippen molar-refractivity contribution in [3.8, 4) is 11.3 Å². The summed E-state index contributed by atoms with van der Waals surface area (Å²) < 4.78 is 27.0. The van der Waals surface area contributed by atoms with Crippen molar-refractivity contribution in [2.75, 3.05) is 33.2 Å². The van der Waals surface area contributed by atoms with Crippen molar-refractivity contribution >= 4 is 10.0 Å². The molecule has 1 aromatic heterocycles. The summed E-state index contributed by atoms with van der Waals surface area (Å²) in [6, 6.07) is 11.4. The molecule has 23 heavy (non-hydrogen) atoms. The van der Waals surface area contributed by atoms with Gasteiger partial charge in [0.2, 0.25) is 0 Å². The van der Waals surface area contributed by atoms with Crippen LogP contribution in [0.25, 0.3) is 11.3 Å². The smallest absolute Gasteiger partial charge is 0.262 e. The molecule has 1 aliphatic rings. The predicted molar refractivity (Wildman–Crippen MR) is 88.5 cm³/mol. The number of benzene rings is 1. The molecular weight excluding hydrogens is 312 g/mol. The molecule has 2 aromatic rings. The van der Waals surface area contributed by atoms with Crippen LogP contribution in [0.3, 0.4) is 0 Å². The molecule has 0 N–H and O–H groups in total. The Morgan fingerprint density at radius 3 is 2.26 bits per heavy atom. The number of rotatable bonds is 3. The number of hydrogen-bond acceptors (Lipinski definition) is 5. The number of piperazine rings is 1. The maximum absolute atomic E-state index is 12.8. The van der Waals surface area contributed by atoms with Gasteiger partial charge in [0.1, 0.15) is 0 Å². The van der Waals surface area contributed by atoms with E-state index in [0.717, 1.165) is 18.7 Å². The fourth-order valence-corrected chi connectivity index (χ4v) is 4.13. The summed E-state index contributed by atoms with van der Waals surface area (Å²) in [6.07, 6.45) is 0. The van der Waals surface area contributed by atoms with Gasteiger partial charge in [-0.25, -0.2) is 8.42 Å². The third-order valence-corrected chi connectivity index (χ3v) is 5.99. The van der Waals surface area contributed by atoms with Gasteiger partial charge in [-0.15, -0.1) is 10.2 Å². The van der Waals surface area contributed by atoms with Crippen LogP contribution in [0.4, 0.5) is 0 Å². The molecule has 1 aliphatic heterocycles. The lowest BCUT2D eigenvalue weighted by molar-refractivity contribution is 0.222. The first kappa shape index (κ1) is 16.0. The van der Waals surface area contributed by atoms with Gasteiger partial charge < -0.3 is 4.90 Å². The molecule has 0 atom stereocenters. The van der Waals surface area contributed by atoms with E-state index in [0.29, 0.717) is 24.3 Å². The standard InChI is InChI=1S/C16H20N4O2S/c1-13-12-15(14-6-4-3-5-7-14)17-18-16(13)23(21,22)20-10-8-19(2)9-11-20/h3-7,12H,8-11H2,1-2H3. The van der Waals surface area contributed by atoms with E-state index in [9.17, 15) is 8.42 Å². The molecule has 0 radical (unpaired) electrons. The first-order chi connectivity index (χ1) is 11.0. The van der Waals surface area contributed by atoms with E-state index < -0.39 is 10.0 Å². The van der Waals surface area contributed by atoms with Gasteiger partial charge in [-0.05, 0) is 25.6 Å². The van der Waals surface area contributed by atoms with Crippen molar-refractivity contribution in [2.24, 2.45) is 0 Å². The topological polar surface area (TPSA) is 66.4 Å². The molecule has 0 unspecified atom stereocenters. The molecule has 0 saturated carbocycles. The first-order valence-corrected chi connectivity index (χ1v) is 9.01. The molecule has 0 amide bonds. The Morgan fingerprint density at radius 1 is 1.00 bits per heavy atom. The van der Waals surface area contributed by atoms with Crippen LogP contribution in [0.15, 0.2) is 41.4 Å². The summed E-state index contributed by atoms with van der Waals surface area (Å²) >= 11 is 0. The van der Waals surface area contributed by atoms with Crippen molar-refractivity contribution in [3.63, 3.8) is 0 Å². The van der Waals surface area contributed by atoms with Crippen molar-refractivity contribution in [3.05, 3.63) is 42.0 Å². The molecule has 1 aromatic carbocycles. The van der Waals surface area contributed by atoms with E-state index in [1.165, 1.54) is 4.31 Å². The second kappa shape index (κ2) is 6.35. The van der Waals surface area contributed by atoms with Crippen LogP contribution in [-0.4, -0.2) is 61.0 Å². The zero-order valence-electron chi connectivity index (χ0n) is 13.3. The Labute approximate surface area is 136 Å². The van der Waals surface area contributed by atoms with Crippen LogP contribution in [-0.2, 0) is 10.0 Å². The number of likely N-dealkylation sites (N-methyl/N-ethyl adjacent to an activating group) is 1. The van der Waals surface area contributed by atoms with Crippen molar-refractivity contribution < 1.29 is 8.42 Å². The van der Waals surface area contributed by atoms with Crippen LogP contribution in [0.2, 0.25) is 0 Å². The van der Waals surface area contributed by atoms with Crippen LogP contribution >= 0.6 is 0 Å². The lowest BCUT2D eigenvalue weighted by Crippen LogP contribution is -2.47. The minimum absolute atomic E-state index is 0.0572. The van der Waals surface area contributed by atoms with Gasteiger partial charge in [-0.1, -0.05) is 30.3 Å². The zero-order valence-corrected chi connectivity index (χ0v) is 14.1. The van der Waals surface area contributed by atoms with Crippen LogP contribution in [0, 0.1) is 6.92 Å². The molecule has 0 bridgehead atoms. The van der Waals surface area contributed by atoms with Crippen molar-refractivity contribution in [1.82, 2.24) is 19.4 Å². The van der Waals surface area contributed by atoms with Crippen LogP contribution < -0.4 is 0 Å². The number of sulfonamides is 1. The highest BCUT2D eigenvalue weighted by atomic mass is 32.2. The van der Waals surface area contributed by atoms with Gasteiger partial charge in [0.25, 0.3) is 10.0 Å². The molecule has 0 spiro atoms. The third kappa shape index (κ3) is 3.26. The summed E-state index contributed by atoms with van der Waals surface area (Å²) in [6.45, 7) is 4.20. The Balaban J connectivity index is 1.91. The van der Waals surface area contributed by atoms with E-state index in [4.69, 9.17) is 0 Å². The molecule has 122 valence electrons. The van der Waals surface area contributed by atoms with E-state index >= 15 is 0 Å². The quantitative estimate of drug-likeness (QED) is 0.850. The van der Waals surface area contributed by atoms with Crippen molar-refractivity contribution in [2.45, 2.75) is 11.9 Å². The number of aromatic nitrogens is 2. The second-order valence-electron chi connectivity index (χ2n) is 5.79. The van der Waals surface area contributed by atoms with Crippen molar-refractivity contribution in [1.29, 1.82) is 0 Å². The highest BCUT2D eigenvalue weighted by Gasteiger charge is 2.30. The average molecular weight is 332 g/mol. The molecule has 7 heteroatoms. The number of nitrogens with zero attached hydrogens (tertiary/aromatic N) is 4. The fraction of sp³-hybridized carbons (Fsp3) is 0.375. The van der Waals surface area contributed by atoms with Gasteiger partial charge in [0.05, 0.1) is 5.69 Å². The van der Waals surface area contributed by atoms with Gasteiger partial charge in [-0.2, -0.15) is 4.31 Å². The monoisotopic (exact) mass is 332 g/mol. The Kier molecular flexibility index (Phi) is 4.43. The van der Waals surface area contributed by atoms with Crippen LogP contribution in [0.1, 0.15) is 5.56 Å². The van der Waals surface area contributed by atoms with Crippen LogP contribution in [0.5, 0.6) is 0 Å². The molecule has 3 rings (SSSR count). The highest BCUT2D eigenvalue weighted by Crippen LogP contribution is 2.22. The molecule has 1 saturated heterocycles. The summed E-state index contributed by atoms with van der Waals surface area (Å²) in [4.78, 5) is 2.11. The Morgan fingerprint density at radius 2 is 1.65 bits per heavy atom. The molecule has 6 nitrogen and oxygen atoms in total. The molecule has 1 fully saturated rings. The lowest BCUT2D eigenvalue weighted by atomic mass is 10.1. The van der Waals surface area contributed by atoms with E-state index in [1.54, 1.807) is 13.0 Å². The second-order valence-corrected chi connectivity index (χ2v) is 7.64. The van der Waals surface area contributed by atoms with E-state index in [1.807, 2.05) is 37.4 Å². The minimum atomic E-state index is -3.58. The zero-order chi connectivity index (χ0) is 16.4. The van der Waals surface area contributed by atoms with Gasteiger partial charge in [0, 0.05) is 31.7 Å². The Hall–Kier alpha value is -1.83. The first-order valence-electron chi connectivity index (χ1n) is 7.57. The fourth-order valence-electron chi connectivity index (χ4n) is 2.63. The number of hydrogen-bond donors (Lipinski definition) is 0. The normalized spacial score (nSPS) is 17.3.